The van der Waals surface area contributed by atoms with E-state index in [4.69, 9.17) is 4.74 Å². The minimum Gasteiger partial charge on any atom is -0.465 e. The maximum absolute atomic E-state index is 12.9. The molecular formula is C34H55NO4. The smallest absolute Gasteiger partial charge is 0.302 e. The topological polar surface area (TPSA) is 84.2 Å². The number of Topliss-reactive ketones (excluding diaryl/α,β-unsaturated/α-hetero) is 2. The van der Waals surface area contributed by atoms with E-state index in [0.717, 1.165) is 44.9 Å². The molecule has 0 amide bonds. The number of nitriles is 1. The lowest BCUT2D eigenvalue weighted by Gasteiger charge is -2.62. The Hall–Kier alpha value is -1.96. The first-order chi connectivity index (χ1) is 17.8. The van der Waals surface area contributed by atoms with Crippen molar-refractivity contribution in [3.8, 4) is 6.07 Å². The van der Waals surface area contributed by atoms with E-state index < -0.39 is 5.41 Å². The van der Waals surface area contributed by atoms with Crippen molar-refractivity contribution in [2.24, 2.45) is 44.8 Å². The second kappa shape index (κ2) is 11.9. The summed E-state index contributed by atoms with van der Waals surface area (Å²) in [4.78, 5) is 37.4. The van der Waals surface area contributed by atoms with Gasteiger partial charge in [-0.15, -0.1) is 0 Å². The summed E-state index contributed by atoms with van der Waals surface area (Å²) in [6.45, 7) is 23.8. The van der Waals surface area contributed by atoms with Crippen LogP contribution in [-0.2, 0) is 19.1 Å². The SMILES string of the molecule is CCC(C)(C)CC[C@@](C)(CCC(C)(C)[C@]1(C)CC[C@H]2[C@H](C)C(=O)C(C#N)=C[C@]2(C)[C@H]1CC(C)=O)COC(C)=O. The molecule has 2 aliphatic carbocycles. The predicted molar refractivity (Wildman–Crippen MR) is 157 cm³/mol. The van der Waals surface area contributed by atoms with Crippen LogP contribution in [-0.4, -0.2) is 24.1 Å². The molecule has 5 nitrogen and oxygen atoms in total. The fraction of sp³-hybridized carbons (Fsp3) is 0.824. The fourth-order valence-corrected chi connectivity index (χ4v) is 7.58. The number of rotatable bonds is 12. The van der Waals surface area contributed by atoms with Crippen molar-refractivity contribution in [2.75, 3.05) is 6.61 Å². The monoisotopic (exact) mass is 541 g/mol. The van der Waals surface area contributed by atoms with Gasteiger partial charge in [-0.1, -0.05) is 74.8 Å². The van der Waals surface area contributed by atoms with Crippen molar-refractivity contribution in [3.05, 3.63) is 11.6 Å². The molecule has 0 unspecified atom stereocenters. The van der Waals surface area contributed by atoms with Crippen LogP contribution >= 0.6 is 0 Å². The number of esters is 1. The van der Waals surface area contributed by atoms with Gasteiger partial charge in [-0.25, -0.2) is 0 Å². The first kappa shape index (κ1) is 33.2. The lowest BCUT2D eigenvalue weighted by atomic mass is 9.41. The molecule has 0 aromatic heterocycles. The van der Waals surface area contributed by atoms with Crippen LogP contribution in [0.3, 0.4) is 0 Å². The second-order valence-electron chi connectivity index (χ2n) is 15.2. The number of nitrogens with zero attached hydrogens (tertiary/aromatic N) is 1. The summed E-state index contributed by atoms with van der Waals surface area (Å²) >= 11 is 0. The van der Waals surface area contributed by atoms with E-state index in [2.05, 4.69) is 61.5 Å². The van der Waals surface area contributed by atoms with Crippen molar-refractivity contribution in [2.45, 2.75) is 128 Å². The third kappa shape index (κ3) is 7.04. The van der Waals surface area contributed by atoms with Crippen LogP contribution in [0.1, 0.15) is 128 Å². The quantitative estimate of drug-likeness (QED) is 0.232. The Labute approximate surface area is 238 Å². The summed E-state index contributed by atoms with van der Waals surface area (Å²) in [6, 6.07) is 2.17. The molecule has 6 atom stereocenters. The molecule has 0 saturated heterocycles. The third-order valence-corrected chi connectivity index (χ3v) is 11.5. The number of allylic oxidation sites excluding steroid dienone is 2. The zero-order valence-corrected chi connectivity index (χ0v) is 26.8. The van der Waals surface area contributed by atoms with Gasteiger partial charge in [0, 0.05) is 24.7 Å². The van der Waals surface area contributed by atoms with Gasteiger partial charge in [0.1, 0.15) is 11.9 Å². The Bertz CT molecular complexity index is 1020. The minimum absolute atomic E-state index is 0.0221. The Morgan fingerprint density at radius 1 is 1.08 bits per heavy atom. The molecule has 0 aliphatic heterocycles. The Morgan fingerprint density at radius 2 is 1.67 bits per heavy atom. The maximum atomic E-state index is 12.9. The van der Waals surface area contributed by atoms with Gasteiger partial charge in [-0.3, -0.25) is 9.59 Å². The molecule has 2 rings (SSSR count). The molecule has 220 valence electrons. The zero-order chi connectivity index (χ0) is 30.0. The van der Waals surface area contributed by atoms with Crippen molar-refractivity contribution in [1.82, 2.24) is 0 Å². The molecule has 1 saturated carbocycles. The molecule has 0 aromatic rings. The van der Waals surface area contributed by atoms with Crippen LogP contribution in [0.4, 0.5) is 0 Å². The van der Waals surface area contributed by atoms with E-state index in [0.29, 0.717) is 13.0 Å². The predicted octanol–water partition coefficient (Wildman–Crippen LogP) is 8.27. The van der Waals surface area contributed by atoms with Crippen molar-refractivity contribution in [1.29, 1.82) is 5.26 Å². The summed E-state index contributed by atoms with van der Waals surface area (Å²) in [5.74, 6) is -0.209. The molecule has 2 aliphatic rings. The highest BCUT2D eigenvalue weighted by Gasteiger charge is 2.60. The maximum Gasteiger partial charge on any atom is 0.302 e. The highest BCUT2D eigenvalue weighted by Crippen LogP contribution is 2.66. The fourth-order valence-electron chi connectivity index (χ4n) is 7.58. The van der Waals surface area contributed by atoms with Gasteiger partial charge < -0.3 is 9.53 Å². The molecule has 0 heterocycles. The number of hydrogen-bond donors (Lipinski definition) is 0. The van der Waals surface area contributed by atoms with E-state index >= 15 is 0 Å². The van der Waals surface area contributed by atoms with Crippen molar-refractivity contribution < 1.29 is 19.1 Å². The highest BCUT2D eigenvalue weighted by molar-refractivity contribution is 6.01. The van der Waals surface area contributed by atoms with Crippen LogP contribution in [0.2, 0.25) is 0 Å². The molecule has 0 aromatic carbocycles. The van der Waals surface area contributed by atoms with Gasteiger partial charge >= 0.3 is 5.97 Å². The molecule has 5 heteroatoms. The summed E-state index contributed by atoms with van der Waals surface area (Å²) in [6.07, 6.45) is 9.23. The van der Waals surface area contributed by atoms with Crippen molar-refractivity contribution >= 4 is 17.5 Å². The molecule has 39 heavy (non-hydrogen) atoms. The van der Waals surface area contributed by atoms with E-state index in [-0.39, 0.29) is 62.5 Å². The van der Waals surface area contributed by atoms with Gasteiger partial charge in [-0.05, 0) is 78.9 Å². The summed E-state index contributed by atoms with van der Waals surface area (Å²) in [5.41, 5.74) is -0.345. The van der Waals surface area contributed by atoms with Crippen LogP contribution in [0.25, 0.3) is 0 Å². The molecule has 0 N–H and O–H groups in total. The van der Waals surface area contributed by atoms with Gasteiger partial charge in [0.15, 0.2) is 5.78 Å². The van der Waals surface area contributed by atoms with E-state index in [1.807, 2.05) is 13.0 Å². The number of ether oxygens (including phenoxy) is 1. The number of hydrogen-bond acceptors (Lipinski definition) is 5. The van der Waals surface area contributed by atoms with E-state index in [1.54, 1.807) is 6.92 Å². The minimum atomic E-state index is -0.402. The highest BCUT2D eigenvalue weighted by atomic mass is 16.5. The van der Waals surface area contributed by atoms with Gasteiger partial charge in [0.25, 0.3) is 0 Å². The normalized spacial score (nSPS) is 31.0. The molecular weight excluding hydrogens is 486 g/mol. The van der Waals surface area contributed by atoms with Crippen LogP contribution in [0.5, 0.6) is 0 Å². The standard InChI is InChI=1S/C34H55NO4/c1-12-30(5,6)15-17-32(9,22-39-25(4)37)18-16-31(7,8)34(11)14-13-27-24(3)29(38)26(21-35)20-33(27,10)28(34)19-23(2)36/h20,24,27-28H,12-19,22H2,1-11H3/t24-,27-,28+,32-,33-,34+/m0/s1. The van der Waals surface area contributed by atoms with Crippen LogP contribution in [0.15, 0.2) is 11.6 Å². The zero-order valence-electron chi connectivity index (χ0n) is 26.8. The Balaban J connectivity index is 2.45. The number of fused-ring (bicyclic) bond motifs is 1. The molecule has 0 radical (unpaired) electrons. The lowest BCUT2D eigenvalue weighted by Crippen LogP contribution is -2.57. The van der Waals surface area contributed by atoms with Gasteiger partial charge in [-0.2, -0.15) is 5.26 Å². The first-order valence-corrected chi connectivity index (χ1v) is 15.1. The Kier molecular flexibility index (Phi) is 10.1. The summed E-state index contributed by atoms with van der Waals surface area (Å²) in [7, 11) is 0. The summed E-state index contributed by atoms with van der Waals surface area (Å²) < 4.78 is 5.59. The number of carbonyl (C=O) groups is 3. The number of carbonyl (C=O) groups excluding carboxylic acids is 3. The first-order valence-electron chi connectivity index (χ1n) is 15.1. The molecule has 1 fully saturated rings. The van der Waals surface area contributed by atoms with Gasteiger partial charge in [0.2, 0.25) is 0 Å². The van der Waals surface area contributed by atoms with E-state index in [9.17, 15) is 19.6 Å². The van der Waals surface area contributed by atoms with Gasteiger partial charge in [0.05, 0.1) is 12.2 Å². The number of ketones is 2. The third-order valence-electron chi connectivity index (χ3n) is 11.5. The van der Waals surface area contributed by atoms with Crippen LogP contribution in [0, 0.1) is 56.2 Å². The summed E-state index contributed by atoms with van der Waals surface area (Å²) in [5, 5.41) is 9.79. The molecule has 0 bridgehead atoms. The molecule has 0 spiro atoms. The van der Waals surface area contributed by atoms with E-state index in [1.165, 1.54) is 6.92 Å². The average molecular weight is 542 g/mol. The second-order valence-corrected chi connectivity index (χ2v) is 15.2. The largest absolute Gasteiger partial charge is 0.465 e. The lowest BCUT2D eigenvalue weighted by molar-refractivity contribution is -0.147. The Morgan fingerprint density at radius 3 is 2.18 bits per heavy atom. The van der Waals surface area contributed by atoms with Crippen LogP contribution < -0.4 is 0 Å². The van der Waals surface area contributed by atoms with Crippen molar-refractivity contribution in [3.63, 3.8) is 0 Å². The average Bonchev–Trinajstić information content (AvgIpc) is 2.85.